The molecule has 1 nitrogen and oxygen atoms in total. The topological polar surface area (TPSA) is 3.24 Å². The van der Waals surface area contributed by atoms with Crippen molar-refractivity contribution in [3.05, 3.63) is 30.3 Å². The molecule has 0 unspecified atom stereocenters. The average molecular weight is 324 g/mol. The zero-order valence-corrected chi connectivity index (χ0v) is 13.7. The summed E-state index contributed by atoms with van der Waals surface area (Å²) in [5, 5.41) is 1.14. The van der Waals surface area contributed by atoms with Gasteiger partial charge in [0.1, 0.15) is 0 Å². The number of nitrogens with zero attached hydrogens (tertiary/aromatic N) is 1. The molecule has 0 amide bonds. The van der Waals surface area contributed by atoms with Gasteiger partial charge in [0.15, 0.2) is 0 Å². The molecule has 1 aromatic carbocycles. The molecule has 0 atom stereocenters. The largest absolute Gasteiger partial charge is 0.371 e. The van der Waals surface area contributed by atoms with E-state index >= 15 is 0 Å². The number of hydrogen-bond donors (Lipinski definition) is 0. The Morgan fingerprint density at radius 1 is 1.05 bits per heavy atom. The van der Waals surface area contributed by atoms with E-state index in [0.717, 1.165) is 11.9 Å². The van der Waals surface area contributed by atoms with Gasteiger partial charge in [-0.05, 0) is 37.3 Å². The molecule has 0 aromatic heterocycles. The predicted octanol–water partition coefficient (Wildman–Crippen LogP) is 5.25. The first-order valence-electron chi connectivity index (χ1n) is 7.66. The fourth-order valence-electron chi connectivity index (χ4n) is 3.24. The maximum Gasteiger partial charge on any atom is 0.0366 e. The van der Waals surface area contributed by atoms with E-state index in [9.17, 15) is 0 Å². The first-order valence-corrected chi connectivity index (χ1v) is 8.78. The molecule has 2 rings (SSSR count). The molecule has 1 fully saturated rings. The SMILES string of the molecule is CCN(CC1(CBr)CCCCCC1)c1ccccc1. The van der Waals surface area contributed by atoms with E-state index < -0.39 is 0 Å². The van der Waals surface area contributed by atoms with Crippen LogP contribution in [0.5, 0.6) is 0 Å². The quantitative estimate of drug-likeness (QED) is 0.528. The second-order valence-electron chi connectivity index (χ2n) is 5.90. The molecule has 0 radical (unpaired) electrons. The van der Waals surface area contributed by atoms with Gasteiger partial charge in [-0.2, -0.15) is 0 Å². The Labute approximate surface area is 126 Å². The first kappa shape index (κ1) is 14.9. The van der Waals surface area contributed by atoms with Crippen LogP contribution in [0, 0.1) is 5.41 Å². The highest BCUT2D eigenvalue weighted by Gasteiger charge is 2.31. The van der Waals surface area contributed by atoms with Crippen molar-refractivity contribution in [1.29, 1.82) is 0 Å². The van der Waals surface area contributed by atoms with Gasteiger partial charge in [0.25, 0.3) is 0 Å². The molecule has 0 saturated heterocycles. The molecule has 2 heteroatoms. The minimum atomic E-state index is 0.475. The average Bonchev–Trinajstić information content (AvgIpc) is 2.72. The number of anilines is 1. The lowest BCUT2D eigenvalue weighted by molar-refractivity contribution is 0.292. The summed E-state index contributed by atoms with van der Waals surface area (Å²) < 4.78 is 0. The van der Waals surface area contributed by atoms with Gasteiger partial charge < -0.3 is 4.90 Å². The van der Waals surface area contributed by atoms with Crippen molar-refractivity contribution >= 4 is 21.6 Å². The van der Waals surface area contributed by atoms with Crippen molar-refractivity contribution in [2.24, 2.45) is 5.41 Å². The standard InChI is InChI=1S/C17H26BrN/c1-2-19(16-10-6-5-7-11-16)15-17(14-18)12-8-3-4-9-13-17/h5-7,10-11H,2-4,8-9,12-15H2,1H3. The summed E-state index contributed by atoms with van der Waals surface area (Å²) >= 11 is 3.81. The van der Waals surface area contributed by atoms with E-state index in [1.54, 1.807) is 0 Å². The fourth-order valence-corrected chi connectivity index (χ4v) is 3.98. The lowest BCUT2D eigenvalue weighted by Gasteiger charge is -2.37. The van der Waals surface area contributed by atoms with Crippen LogP contribution < -0.4 is 4.90 Å². The predicted molar refractivity (Wildman–Crippen MR) is 88.3 cm³/mol. The third-order valence-corrected chi connectivity index (χ3v) is 5.67. The maximum absolute atomic E-state index is 3.81. The van der Waals surface area contributed by atoms with Crippen molar-refractivity contribution in [1.82, 2.24) is 0 Å². The van der Waals surface area contributed by atoms with Crippen LogP contribution >= 0.6 is 15.9 Å². The van der Waals surface area contributed by atoms with Crippen molar-refractivity contribution in [2.45, 2.75) is 45.4 Å². The molecular formula is C17H26BrN. The Hall–Kier alpha value is -0.500. The summed E-state index contributed by atoms with van der Waals surface area (Å²) in [6.45, 7) is 4.56. The molecule has 1 saturated carbocycles. The van der Waals surface area contributed by atoms with Gasteiger partial charge in [0, 0.05) is 24.1 Å². The summed E-state index contributed by atoms with van der Waals surface area (Å²) in [5.74, 6) is 0. The first-order chi connectivity index (χ1) is 9.29. The molecule has 1 aliphatic carbocycles. The number of hydrogen-bond acceptors (Lipinski definition) is 1. The van der Waals surface area contributed by atoms with Crippen LogP contribution in [0.3, 0.4) is 0 Å². The van der Waals surface area contributed by atoms with Crippen LogP contribution in [0.25, 0.3) is 0 Å². The molecule has 0 heterocycles. The zero-order valence-electron chi connectivity index (χ0n) is 12.1. The summed E-state index contributed by atoms with van der Waals surface area (Å²) in [6.07, 6.45) is 8.40. The number of halogens is 1. The molecule has 0 N–H and O–H groups in total. The maximum atomic E-state index is 3.81. The highest BCUT2D eigenvalue weighted by Crippen LogP contribution is 2.38. The van der Waals surface area contributed by atoms with Gasteiger partial charge in [-0.15, -0.1) is 0 Å². The molecule has 0 bridgehead atoms. The second kappa shape index (κ2) is 7.33. The lowest BCUT2D eigenvalue weighted by Crippen LogP contribution is -2.39. The van der Waals surface area contributed by atoms with Gasteiger partial charge in [-0.25, -0.2) is 0 Å². The molecule has 1 aliphatic rings. The zero-order chi connectivity index (χ0) is 13.6. The van der Waals surface area contributed by atoms with Gasteiger partial charge in [-0.1, -0.05) is 59.8 Å². The van der Waals surface area contributed by atoms with E-state index in [0.29, 0.717) is 5.41 Å². The summed E-state index contributed by atoms with van der Waals surface area (Å²) in [6, 6.07) is 10.9. The van der Waals surface area contributed by atoms with E-state index in [1.165, 1.54) is 50.8 Å². The van der Waals surface area contributed by atoms with E-state index in [-0.39, 0.29) is 0 Å². The monoisotopic (exact) mass is 323 g/mol. The molecular weight excluding hydrogens is 298 g/mol. The Morgan fingerprint density at radius 3 is 2.21 bits per heavy atom. The Kier molecular flexibility index (Phi) is 5.75. The number of benzene rings is 1. The van der Waals surface area contributed by atoms with Crippen molar-refractivity contribution in [2.75, 3.05) is 23.3 Å². The second-order valence-corrected chi connectivity index (χ2v) is 6.46. The van der Waals surface area contributed by atoms with Crippen molar-refractivity contribution < 1.29 is 0 Å². The summed E-state index contributed by atoms with van der Waals surface area (Å²) in [7, 11) is 0. The minimum absolute atomic E-state index is 0.475. The van der Waals surface area contributed by atoms with Crippen LogP contribution in [0.2, 0.25) is 0 Å². The van der Waals surface area contributed by atoms with E-state index in [2.05, 4.69) is 58.1 Å². The number of para-hydroxylation sites is 1. The smallest absolute Gasteiger partial charge is 0.0366 e. The highest BCUT2D eigenvalue weighted by atomic mass is 79.9. The molecule has 19 heavy (non-hydrogen) atoms. The van der Waals surface area contributed by atoms with E-state index in [1.807, 2.05) is 0 Å². The third kappa shape index (κ3) is 3.98. The fraction of sp³-hybridized carbons (Fsp3) is 0.647. The molecule has 0 aliphatic heterocycles. The van der Waals surface area contributed by atoms with Crippen molar-refractivity contribution in [3.8, 4) is 0 Å². The summed E-state index contributed by atoms with van der Waals surface area (Å²) in [4.78, 5) is 2.55. The van der Waals surface area contributed by atoms with E-state index in [4.69, 9.17) is 0 Å². The van der Waals surface area contributed by atoms with Gasteiger partial charge in [-0.3, -0.25) is 0 Å². The van der Waals surface area contributed by atoms with Crippen LogP contribution in [-0.2, 0) is 0 Å². The highest BCUT2D eigenvalue weighted by molar-refractivity contribution is 9.09. The van der Waals surface area contributed by atoms with Crippen LogP contribution in [0.1, 0.15) is 45.4 Å². The van der Waals surface area contributed by atoms with Gasteiger partial charge >= 0.3 is 0 Å². The third-order valence-electron chi connectivity index (χ3n) is 4.48. The summed E-state index contributed by atoms with van der Waals surface area (Å²) in [5.41, 5.74) is 1.84. The molecule has 1 aromatic rings. The van der Waals surface area contributed by atoms with Crippen LogP contribution in [0.4, 0.5) is 5.69 Å². The Bertz CT molecular complexity index is 355. The van der Waals surface area contributed by atoms with Gasteiger partial charge in [0.2, 0.25) is 0 Å². The molecule has 0 spiro atoms. The minimum Gasteiger partial charge on any atom is -0.371 e. The normalized spacial score (nSPS) is 18.8. The Morgan fingerprint density at radius 2 is 1.68 bits per heavy atom. The van der Waals surface area contributed by atoms with Crippen LogP contribution in [-0.4, -0.2) is 18.4 Å². The van der Waals surface area contributed by atoms with Gasteiger partial charge in [0.05, 0.1) is 0 Å². The number of rotatable bonds is 5. The Balaban J connectivity index is 2.10. The molecule has 106 valence electrons. The van der Waals surface area contributed by atoms with Crippen molar-refractivity contribution in [3.63, 3.8) is 0 Å². The lowest BCUT2D eigenvalue weighted by atomic mass is 9.82. The number of alkyl halides is 1. The van der Waals surface area contributed by atoms with Crippen LogP contribution in [0.15, 0.2) is 30.3 Å².